The smallest absolute Gasteiger partial charge is 0.287 e. The van der Waals surface area contributed by atoms with Crippen LogP contribution in [0.4, 0.5) is 0 Å². The molecule has 11 heteroatoms. The van der Waals surface area contributed by atoms with Crippen molar-refractivity contribution in [2.45, 2.75) is 0 Å². The summed E-state index contributed by atoms with van der Waals surface area (Å²) < 4.78 is 16.7. The number of hydrogen-bond acceptors (Lipinski definition) is 7. The first-order chi connectivity index (χ1) is 17.4. The fourth-order valence-electron chi connectivity index (χ4n) is 3.19. The molecule has 0 spiro atoms. The Balaban J connectivity index is 1.59. The highest BCUT2D eigenvalue weighted by Gasteiger charge is 2.17. The number of hydrogen-bond donors (Lipinski definition) is 3. The second-order valence-corrected chi connectivity index (χ2v) is 8.92. The summed E-state index contributed by atoms with van der Waals surface area (Å²) in [6, 6.07) is 15.2. The zero-order chi connectivity index (χ0) is 25.7. The lowest BCUT2D eigenvalue weighted by Crippen LogP contribution is -2.32. The molecule has 0 saturated heterocycles. The standard InChI is InChI=1S/C25H19Br2N3O6/c1-34-20-11-16(21(26)22(27)23(20)31)12-28-30-25(33)17(29-24(32)15-5-3-2-4-6-15)9-14-7-8-18-19(10-14)36-13-35-18/h2-12,31H,13H2,1H3,(H,29,32)(H,30,33)/b17-9+,28-12-. The predicted molar refractivity (Wildman–Crippen MR) is 140 cm³/mol. The summed E-state index contributed by atoms with van der Waals surface area (Å²) in [4.78, 5) is 25.8. The molecule has 1 aliphatic rings. The third kappa shape index (κ3) is 5.69. The third-order valence-electron chi connectivity index (χ3n) is 5.00. The first-order valence-corrected chi connectivity index (χ1v) is 12.0. The minimum Gasteiger partial charge on any atom is -0.503 e. The van der Waals surface area contributed by atoms with Gasteiger partial charge in [0, 0.05) is 15.6 Å². The van der Waals surface area contributed by atoms with Gasteiger partial charge in [0.05, 0.1) is 17.8 Å². The van der Waals surface area contributed by atoms with Crippen molar-refractivity contribution in [2.24, 2.45) is 5.10 Å². The Kier molecular flexibility index (Phi) is 7.91. The number of hydrazone groups is 1. The second kappa shape index (κ2) is 11.3. The van der Waals surface area contributed by atoms with Crippen LogP contribution in [0.1, 0.15) is 21.5 Å². The maximum absolute atomic E-state index is 13.0. The van der Waals surface area contributed by atoms with Crippen molar-refractivity contribution in [3.63, 3.8) is 0 Å². The van der Waals surface area contributed by atoms with Crippen LogP contribution < -0.4 is 25.0 Å². The van der Waals surface area contributed by atoms with E-state index in [1.807, 2.05) is 0 Å². The topological polar surface area (TPSA) is 118 Å². The molecule has 1 aliphatic heterocycles. The number of rotatable bonds is 7. The number of carbonyl (C=O) groups is 2. The van der Waals surface area contributed by atoms with Crippen LogP contribution in [0.3, 0.4) is 0 Å². The molecule has 2 amide bonds. The average molecular weight is 617 g/mol. The molecule has 3 aromatic rings. The zero-order valence-electron chi connectivity index (χ0n) is 18.7. The van der Waals surface area contributed by atoms with E-state index in [0.717, 1.165) is 0 Å². The first kappa shape index (κ1) is 25.3. The molecule has 184 valence electrons. The fraction of sp³-hybridized carbons (Fsp3) is 0.0800. The van der Waals surface area contributed by atoms with E-state index < -0.39 is 11.8 Å². The number of carbonyl (C=O) groups excluding carboxylic acids is 2. The van der Waals surface area contributed by atoms with E-state index in [1.165, 1.54) is 19.4 Å². The normalized spacial score (nSPS) is 12.5. The van der Waals surface area contributed by atoms with Gasteiger partial charge in [0.2, 0.25) is 6.79 Å². The summed E-state index contributed by atoms with van der Waals surface area (Å²) in [5.74, 6) is 0.148. The number of methoxy groups -OCH3 is 1. The quantitative estimate of drug-likeness (QED) is 0.203. The van der Waals surface area contributed by atoms with Gasteiger partial charge in [-0.15, -0.1) is 0 Å². The molecule has 0 saturated carbocycles. The van der Waals surface area contributed by atoms with Crippen molar-refractivity contribution >= 4 is 56.0 Å². The fourth-order valence-corrected chi connectivity index (χ4v) is 4.02. The first-order valence-electron chi connectivity index (χ1n) is 10.4. The molecular weight excluding hydrogens is 598 g/mol. The predicted octanol–water partition coefficient (Wildman–Crippen LogP) is 4.58. The molecule has 0 unspecified atom stereocenters. The van der Waals surface area contributed by atoms with E-state index in [1.54, 1.807) is 54.6 Å². The monoisotopic (exact) mass is 615 g/mol. The molecule has 0 bridgehead atoms. The van der Waals surface area contributed by atoms with Crippen LogP contribution in [0.25, 0.3) is 6.08 Å². The number of amides is 2. The number of nitrogens with one attached hydrogen (secondary N) is 2. The molecule has 0 aliphatic carbocycles. The number of aromatic hydroxyl groups is 1. The van der Waals surface area contributed by atoms with Gasteiger partial charge in [-0.25, -0.2) is 5.43 Å². The van der Waals surface area contributed by atoms with Crippen LogP contribution in [0.5, 0.6) is 23.0 Å². The summed E-state index contributed by atoms with van der Waals surface area (Å²) in [5.41, 5.74) is 3.89. The molecule has 3 aromatic carbocycles. The van der Waals surface area contributed by atoms with E-state index >= 15 is 0 Å². The van der Waals surface area contributed by atoms with Crippen molar-refractivity contribution in [3.8, 4) is 23.0 Å². The summed E-state index contributed by atoms with van der Waals surface area (Å²) >= 11 is 6.63. The molecule has 1 heterocycles. The molecule has 0 fully saturated rings. The van der Waals surface area contributed by atoms with Crippen LogP contribution >= 0.6 is 31.9 Å². The number of benzene rings is 3. The van der Waals surface area contributed by atoms with Crippen molar-refractivity contribution in [1.82, 2.24) is 10.7 Å². The lowest BCUT2D eigenvalue weighted by Gasteiger charge is -2.10. The number of fused-ring (bicyclic) bond motifs is 1. The van der Waals surface area contributed by atoms with E-state index in [9.17, 15) is 14.7 Å². The summed E-state index contributed by atoms with van der Waals surface area (Å²) in [7, 11) is 1.42. The average Bonchev–Trinajstić information content (AvgIpc) is 3.36. The van der Waals surface area contributed by atoms with Gasteiger partial charge in [0.1, 0.15) is 5.70 Å². The number of phenols is 1. The van der Waals surface area contributed by atoms with E-state index in [-0.39, 0.29) is 24.0 Å². The van der Waals surface area contributed by atoms with Crippen molar-refractivity contribution in [1.29, 1.82) is 0 Å². The zero-order valence-corrected chi connectivity index (χ0v) is 21.9. The van der Waals surface area contributed by atoms with Crippen LogP contribution in [0, 0.1) is 0 Å². The summed E-state index contributed by atoms with van der Waals surface area (Å²) in [5, 5.41) is 16.7. The van der Waals surface area contributed by atoms with E-state index in [4.69, 9.17) is 14.2 Å². The van der Waals surface area contributed by atoms with Gasteiger partial charge in [-0.1, -0.05) is 24.3 Å². The second-order valence-electron chi connectivity index (χ2n) is 7.33. The molecule has 36 heavy (non-hydrogen) atoms. The Hall–Kier alpha value is -3.83. The number of halogens is 2. The highest BCUT2D eigenvalue weighted by molar-refractivity contribution is 9.13. The van der Waals surface area contributed by atoms with Gasteiger partial charge in [-0.2, -0.15) is 5.10 Å². The van der Waals surface area contributed by atoms with Gasteiger partial charge in [-0.3, -0.25) is 9.59 Å². The minimum absolute atomic E-state index is 0.0385. The van der Waals surface area contributed by atoms with Crippen LogP contribution in [0.2, 0.25) is 0 Å². The van der Waals surface area contributed by atoms with Crippen LogP contribution in [-0.2, 0) is 4.79 Å². The highest BCUT2D eigenvalue weighted by Crippen LogP contribution is 2.41. The van der Waals surface area contributed by atoms with Crippen molar-refractivity contribution in [2.75, 3.05) is 13.9 Å². The maximum Gasteiger partial charge on any atom is 0.287 e. The van der Waals surface area contributed by atoms with Gasteiger partial charge in [0.25, 0.3) is 11.8 Å². The highest BCUT2D eigenvalue weighted by atomic mass is 79.9. The van der Waals surface area contributed by atoms with Gasteiger partial charge < -0.3 is 24.6 Å². The molecule has 3 N–H and O–H groups in total. The molecule has 0 atom stereocenters. The van der Waals surface area contributed by atoms with Gasteiger partial charge in [0.15, 0.2) is 23.0 Å². The lowest BCUT2D eigenvalue weighted by atomic mass is 10.1. The number of ether oxygens (including phenoxy) is 3. The Bertz CT molecular complexity index is 1380. The summed E-state index contributed by atoms with van der Waals surface area (Å²) in [6.07, 6.45) is 2.87. The third-order valence-corrected chi connectivity index (χ3v) is 7.16. The number of nitrogens with zero attached hydrogens (tertiary/aromatic N) is 1. The molecular formula is C25H19Br2N3O6. The molecule has 0 radical (unpaired) electrons. The maximum atomic E-state index is 13.0. The molecule has 4 rings (SSSR count). The Morgan fingerprint density at radius 2 is 1.81 bits per heavy atom. The molecule has 0 aromatic heterocycles. The largest absolute Gasteiger partial charge is 0.503 e. The Morgan fingerprint density at radius 1 is 1.06 bits per heavy atom. The SMILES string of the molecule is COc1cc(/C=N\NC(=O)/C(=C\c2ccc3c(c2)OCO3)NC(=O)c2ccccc2)c(Br)c(Br)c1O. The number of phenolic OH excluding ortho intramolecular Hbond substituents is 1. The Morgan fingerprint density at radius 3 is 2.56 bits per heavy atom. The van der Waals surface area contributed by atoms with Crippen molar-refractivity contribution < 1.29 is 28.9 Å². The minimum atomic E-state index is -0.658. The van der Waals surface area contributed by atoms with Crippen LogP contribution in [-0.4, -0.2) is 37.0 Å². The Labute approximate surface area is 223 Å². The van der Waals surface area contributed by atoms with Gasteiger partial charge in [-0.05, 0) is 73.8 Å². The van der Waals surface area contributed by atoms with E-state index in [2.05, 4.69) is 47.7 Å². The van der Waals surface area contributed by atoms with Crippen LogP contribution in [0.15, 0.2) is 74.3 Å². The van der Waals surface area contributed by atoms with E-state index in [0.29, 0.717) is 37.1 Å². The molecule has 9 nitrogen and oxygen atoms in total. The lowest BCUT2D eigenvalue weighted by molar-refractivity contribution is -0.117. The summed E-state index contributed by atoms with van der Waals surface area (Å²) in [6.45, 7) is 0.114. The van der Waals surface area contributed by atoms with Crippen molar-refractivity contribution in [3.05, 3.63) is 85.9 Å². The van der Waals surface area contributed by atoms with Gasteiger partial charge >= 0.3 is 0 Å².